The molecule has 0 spiro atoms. The van der Waals surface area contributed by atoms with Gasteiger partial charge in [0.25, 0.3) is 5.91 Å². The molecule has 5 nitrogen and oxygen atoms in total. The standard InChI is InChI=1S/C23H29NO4/c1-3-27-22-14-9-17(23(25)24-19-7-5-4-6-8-19)15-18(22)16-28-21-12-10-20(26-2)11-13-21/h9-15,19H,3-8,16H2,1-2H3,(H,24,25). The SMILES string of the molecule is CCOc1ccc(C(=O)NC2CCCCC2)cc1COc1ccc(OC)cc1. The smallest absolute Gasteiger partial charge is 0.251 e. The molecule has 0 heterocycles. The molecule has 0 saturated heterocycles. The molecule has 150 valence electrons. The fraction of sp³-hybridized carbons (Fsp3) is 0.435. The van der Waals surface area contributed by atoms with Crippen LogP contribution in [0.25, 0.3) is 0 Å². The van der Waals surface area contributed by atoms with Crippen LogP contribution < -0.4 is 19.5 Å². The van der Waals surface area contributed by atoms with E-state index >= 15 is 0 Å². The van der Waals surface area contributed by atoms with E-state index in [1.807, 2.05) is 49.4 Å². The molecule has 5 heteroatoms. The molecule has 0 radical (unpaired) electrons. The van der Waals surface area contributed by atoms with E-state index < -0.39 is 0 Å². The van der Waals surface area contributed by atoms with Gasteiger partial charge in [-0.25, -0.2) is 0 Å². The predicted octanol–water partition coefficient (Wildman–Crippen LogP) is 4.74. The third-order valence-corrected chi connectivity index (χ3v) is 5.02. The third-order valence-electron chi connectivity index (χ3n) is 5.02. The van der Waals surface area contributed by atoms with Gasteiger partial charge in [-0.3, -0.25) is 4.79 Å². The zero-order chi connectivity index (χ0) is 19.8. The van der Waals surface area contributed by atoms with Crippen molar-refractivity contribution in [3.05, 3.63) is 53.6 Å². The molecule has 3 rings (SSSR count). The van der Waals surface area contributed by atoms with Crippen LogP contribution in [0.1, 0.15) is 54.9 Å². The van der Waals surface area contributed by atoms with Gasteiger partial charge in [-0.15, -0.1) is 0 Å². The molecule has 1 saturated carbocycles. The molecule has 1 aliphatic rings. The lowest BCUT2D eigenvalue weighted by atomic mass is 9.95. The van der Waals surface area contributed by atoms with E-state index in [1.165, 1.54) is 19.3 Å². The summed E-state index contributed by atoms with van der Waals surface area (Å²) < 4.78 is 16.8. The molecule has 2 aromatic rings. The lowest BCUT2D eigenvalue weighted by Gasteiger charge is -2.23. The van der Waals surface area contributed by atoms with Crippen LogP contribution in [0.2, 0.25) is 0 Å². The molecule has 1 aliphatic carbocycles. The van der Waals surface area contributed by atoms with Gasteiger partial charge < -0.3 is 19.5 Å². The first kappa shape index (κ1) is 20.1. The highest BCUT2D eigenvalue weighted by atomic mass is 16.5. The molecule has 0 unspecified atom stereocenters. The van der Waals surface area contributed by atoms with Crippen LogP contribution in [-0.4, -0.2) is 25.7 Å². The van der Waals surface area contributed by atoms with E-state index in [0.29, 0.717) is 18.8 Å². The largest absolute Gasteiger partial charge is 0.497 e. The topological polar surface area (TPSA) is 56.8 Å². The molecule has 0 bridgehead atoms. The Balaban J connectivity index is 1.69. The summed E-state index contributed by atoms with van der Waals surface area (Å²) in [5.41, 5.74) is 1.50. The molecule has 0 aliphatic heterocycles. The van der Waals surface area contributed by atoms with E-state index in [-0.39, 0.29) is 11.9 Å². The molecule has 2 aromatic carbocycles. The summed E-state index contributed by atoms with van der Waals surface area (Å²) in [6.07, 6.45) is 5.78. The fourth-order valence-electron chi connectivity index (χ4n) is 3.48. The maximum atomic E-state index is 12.7. The Labute approximate surface area is 167 Å². The summed E-state index contributed by atoms with van der Waals surface area (Å²) >= 11 is 0. The Morgan fingerprint density at radius 3 is 2.39 bits per heavy atom. The Hall–Kier alpha value is -2.69. The third kappa shape index (κ3) is 5.41. The summed E-state index contributed by atoms with van der Waals surface area (Å²) in [6.45, 7) is 2.83. The first-order valence-electron chi connectivity index (χ1n) is 10.0. The number of hydrogen-bond acceptors (Lipinski definition) is 4. The molecular weight excluding hydrogens is 354 g/mol. The highest BCUT2D eigenvalue weighted by Crippen LogP contribution is 2.24. The molecular formula is C23H29NO4. The van der Waals surface area contributed by atoms with Gasteiger partial charge in [0.2, 0.25) is 0 Å². The second-order valence-electron chi connectivity index (χ2n) is 7.03. The highest BCUT2D eigenvalue weighted by Gasteiger charge is 2.18. The minimum Gasteiger partial charge on any atom is -0.497 e. The van der Waals surface area contributed by atoms with Crippen molar-refractivity contribution < 1.29 is 19.0 Å². The van der Waals surface area contributed by atoms with Crippen molar-refractivity contribution in [2.45, 2.75) is 51.7 Å². The van der Waals surface area contributed by atoms with Gasteiger partial charge >= 0.3 is 0 Å². The minimum absolute atomic E-state index is 0.0272. The second kappa shape index (κ2) is 10.0. The fourth-order valence-corrected chi connectivity index (χ4v) is 3.48. The van der Waals surface area contributed by atoms with E-state index in [4.69, 9.17) is 14.2 Å². The van der Waals surface area contributed by atoms with Crippen LogP contribution in [0.4, 0.5) is 0 Å². The van der Waals surface area contributed by atoms with Gasteiger partial charge in [-0.05, 0) is 62.2 Å². The molecule has 1 fully saturated rings. The predicted molar refractivity (Wildman–Crippen MR) is 109 cm³/mol. The van der Waals surface area contributed by atoms with Crippen LogP contribution >= 0.6 is 0 Å². The van der Waals surface area contributed by atoms with E-state index in [1.54, 1.807) is 7.11 Å². The van der Waals surface area contributed by atoms with Crippen LogP contribution in [0.5, 0.6) is 17.2 Å². The number of carbonyl (C=O) groups is 1. The molecule has 0 atom stereocenters. The lowest BCUT2D eigenvalue weighted by molar-refractivity contribution is 0.0927. The molecule has 0 aromatic heterocycles. The van der Waals surface area contributed by atoms with Gasteiger partial charge in [-0.1, -0.05) is 19.3 Å². The lowest BCUT2D eigenvalue weighted by Crippen LogP contribution is -2.36. The summed E-state index contributed by atoms with van der Waals surface area (Å²) in [5.74, 6) is 2.23. The monoisotopic (exact) mass is 383 g/mol. The van der Waals surface area contributed by atoms with Gasteiger partial charge in [0.15, 0.2) is 0 Å². The van der Waals surface area contributed by atoms with Crippen LogP contribution in [0.15, 0.2) is 42.5 Å². The van der Waals surface area contributed by atoms with Gasteiger partial charge in [0, 0.05) is 17.2 Å². The van der Waals surface area contributed by atoms with Crippen molar-refractivity contribution in [1.29, 1.82) is 0 Å². The van der Waals surface area contributed by atoms with Crippen molar-refractivity contribution in [3.63, 3.8) is 0 Å². The minimum atomic E-state index is -0.0272. The highest BCUT2D eigenvalue weighted by molar-refractivity contribution is 5.94. The maximum Gasteiger partial charge on any atom is 0.251 e. The number of carbonyl (C=O) groups excluding carboxylic acids is 1. The normalized spacial score (nSPS) is 14.4. The summed E-state index contributed by atoms with van der Waals surface area (Å²) in [4.78, 5) is 12.7. The number of rotatable bonds is 8. The van der Waals surface area contributed by atoms with Crippen LogP contribution in [-0.2, 0) is 6.61 Å². The molecule has 1 N–H and O–H groups in total. The van der Waals surface area contributed by atoms with Crippen molar-refractivity contribution in [2.75, 3.05) is 13.7 Å². The Kier molecular flexibility index (Phi) is 7.18. The zero-order valence-corrected chi connectivity index (χ0v) is 16.7. The van der Waals surface area contributed by atoms with Crippen molar-refractivity contribution in [2.24, 2.45) is 0 Å². The Bertz CT molecular complexity index is 767. The zero-order valence-electron chi connectivity index (χ0n) is 16.7. The molecule has 1 amide bonds. The summed E-state index contributed by atoms with van der Waals surface area (Å²) in [6, 6.07) is 13.3. The first-order valence-corrected chi connectivity index (χ1v) is 10.0. The number of amides is 1. The van der Waals surface area contributed by atoms with E-state index in [9.17, 15) is 4.79 Å². The second-order valence-corrected chi connectivity index (χ2v) is 7.03. The van der Waals surface area contributed by atoms with Gasteiger partial charge in [0.05, 0.1) is 13.7 Å². The number of ether oxygens (including phenoxy) is 3. The van der Waals surface area contributed by atoms with Gasteiger partial charge in [-0.2, -0.15) is 0 Å². The van der Waals surface area contributed by atoms with Crippen LogP contribution in [0.3, 0.4) is 0 Å². The number of methoxy groups -OCH3 is 1. The number of hydrogen-bond donors (Lipinski definition) is 1. The Morgan fingerprint density at radius 1 is 1.00 bits per heavy atom. The van der Waals surface area contributed by atoms with Crippen molar-refractivity contribution in [3.8, 4) is 17.2 Å². The number of benzene rings is 2. The average Bonchev–Trinajstić information content (AvgIpc) is 2.74. The van der Waals surface area contributed by atoms with Crippen molar-refractivity contribution >= 4 is 5.91 Å². The quantitative estimate of drug-likeness (QED) is 0.716. The molecule has 28 heavy (non-hydrogen) atoms. The average molecular weight is 383 g/mol. The van der Waals surface area contributed by atoms with E-state index in [0.717, 1.165) is 35.7 Å². The van der Waals surface area contributed by atoms with Crippen molar-refractivity contribution in [1.82, 2.24) is 5.32 Å². The summed E-state index contributed by atoms with van der Waals surface area (Å²) in [5, 5.41) is 3.17. The van der Waals surface area contributed by atoms with Gasteiger partial charge in [0.1, 0.15) is 23.9 Å². The number of nitrogens with one attached hydrogen (secondary N) is 1. The van der Waals surface area contributed by atoms with Crippen LogP contribution in [0, 0.1) is 0 Å². The Morgan fingerprint density at radius 2 is 1.71 bits per heavy atom. The maximum absolute atomic E-state index is 12.7. The van der Waals surface area contributed by atoms with E-state index in [2.05, 4.69) is 5.32 Å². The first-order chi connectivity index (χ1) is 13.7. The summed E-state index contributed by atoms with van der Waals surface area (Å²) in [7, 11) is 1.63.